The Morgan fingerprint density at radius 2 is 2.26 bits per heavy atom. The molecule has 19 heavy (non-hydrogen) atoms. The van der Waals surface area contributed by atoms with Gasteiger partial charge in [0.25, 0.3) is 0 Å². The van der Waals surface area contributed by atoms with E-state index >= 15 is 0 Å². The van der Waals surface area contributed by atoms with Crippen LogP contribution in [0.4, 0.5) is 0 Å². The van der Waals surface area contributed by atoms with Crippen LogP contribution in [0.15, 0.2) is 18.3 Å². The normalized spacial score (nSPS) is 15.3. The Morgan fingerprint density at radius 3 is 2.79 bits per heavy atom. The van der Waals surface area contributed by atoms with Crippen molar-refractivity contribution in [2.75, 3.05) is 6.61 Å². The molecule has 0 aliphatic heterocycles. The summed E-state index contributed by atoms with van der Waals surface area (Å²) < 4.78 is 5.46. The Balaban J connectivity index is 1.82. The number of ether oxygens (including phenoxy) is 1. The van der Waals surface area contributed by atoms with Crippen molar-refractivity contribution in [2.45, 2.75) is 39.3 Å². The summed E-state index contributed by atoms with van der Waals surface area (Å²) in [5.41, 5.74) is 0.0726. The molecule has 1 fully saturated rings. The maximum atomic E-state index is 10.9. The zero-order valence-corrected chi connectivity index (χ0v) is 11.3. The van der Waals surface area contributed by atoms with E-state index in [1.807, 2.05) is 12.1 Å². The summed E-state index contributed by atoms with van der Waals surface area (Å²) >= 11 is 0. The van der Waals surface area contributed by atoms with E-state index in [-0.39, 0.29) is 6.61 Å². The summed E-state index contributed by atoms with van der Waals surface area (Å²) in [6.45, 7) is 4.17. The van der Waals surface area contributed by atoms with E-state index in [0.717, 1.165) is 12.2 Å². The first-order valence-electron chi connectivity index (χ1n) is 6.52. The van der Waals surface area contributed by atoms with Gasteiger partial charge in [-0.2, -0.15) is 0 Å². The van der Waals surface area contributed by atoms with Gasteiger partial charge in [-0.05, 0) is 38.8 Å². The fraction of sp³-hybridized carbons (Fsp3) is 0.571. The van der Waals surface area contributed by atoms with Crippen LogP contribution in [0.1, 0.15) is 32.4 Å². The van der Waals surface area contributed by atoms with Crippen LogP contribution in [0.2, 0.25) is 0 Å². The number of pyridine rings is 1. The van der Waals surface area contributed by atoms with Gasteiger partial charge in [0.15, 0.2) is 0 Å². The zero-order valence-electron chi connectivity index (χ0n) is 11.3. The molecule has 0 bridgehead atoms. The van der Waals surface area contributed by atoms with E-state index in [4.69, 9.17) is 9.84 Å². The molecule has 0 atom stereocenters. The Morgan fingerprint density at radius 1 is 1.53 bits per heavy atom. The number of carboxylic acids is 1. The van der Waals surface area contributed by atoms with Gasteiger partial charge in [-0.1, -0.05) is 0 Å². The van der Waals surface area contributed by atoms with Crippen molar-refractivity contribution < 1.29 is 14.6 Å². The Kier molecular flexibility index (Phi) is 4.04. The minimum absolute atomic E-state index is 0.129. The summed E-state index contributed by atoms with van der Waals surface area (Å²) in [4.78, 5) is 15.2. The zero-order chi connectivity index (χ0) is 13.9. The van der Waals surface area contributed by atoms with E-state index < -0.39 is 11.4 Å². The number of carboxylic acid groups (broad SMARTS) is 1. The smallest absolute Gasteiger partial charge is 0.312 e. The van der Waals surface area contributed by atoms with Crippen molar-refractivity contribution in [3.63, 3.8) is 0 Å². The first kappa shape index (κ1) is 13.8. The van der Waals surface area contributed by atoms with Gasteiger partial charge in [0.2, 0.25) is 0 Å². The lowest BCUT2D eigenvalue weighted by molar-refractivity contribution is -0.148. The minimum atomic E-state index is -0.897. The second-order valence-corrected chi connectivity index (χ2v) is 5.62. The molecule has 104 valence electrons. The summed E-state index contributed by atoms with van der Waals surface area (Å²) in [6, 6.07) is 4.39. The Bertz CT molecular complexity index is 439. The van der Waals surface area contributed by atoms with Crippen LogP contribution >= 0.6 is 0 Å². The molecular weight excluding hydrogens is 244 g/mol. The van der Waals surface area contributed by atoms with E-state index in [2.05, 4.69) is 10.3 Å². The molecule has 2 rings (SSSR count). The SMILES string of the molecule is CC(C)(COc1ccc(CNC2CC2)nc1)C(=O)O. The highest BCUT2D eigenvalue weighted by molar-refractivity contribution is 5.73. The van der Waals surface area contributed by atoms with Gasteiger partial charge in [0.1, 0.15) is 12.4 Å². The third kappa shape index (κ3) is 4.21. The molecule has 1 aliphatic rings. The van der Waals surface area contributed by atoms with Gasteiger partial charge < -0.3 is 15.2 Å². The Hall–Kier alpha value is -1.62. The van der Waals surface area contributed by atoms with Crippen molar-refractivity contribution in [1.29, 1.82) is 0 Å². The maximum absolute atomic E-state index is 10.9. The highest BCUT2D eigenvalue weighted by Gasteiger charge is 2.28. The van der Waals surface area contributed by atoms with Crippen LogP contribution < -0.4 is 10.1 Å². The topological polar surface area (TPSA) is 71.5 Å². The van der Waals surface area contributed by atoms with Gasteiger partial charge in [-0.3, -0.25) is 9.78 Å². The van der Waals surface area contributed by atoms with Crippen LogP contribution in [0.5, 0.6) is 5.75 Å². The first-order valence-corrected chi connectivity index (χ1v) is 6.52. The molecule has 1 aliphatic carbocycles. The molecule has 1 heterocycles. The maximum Gasteiger partial charge on any atom is 0.312 e. The highest BCUT2D eigenvalue weighted by atomic mass is 16.5. The van der Waals surface area contributed by atoms with Gasteiger partial charge in [-0.25, -0.2) is 0 Å². The van der Waals surface area contributed by atoms with Crippen molar-refractivity contribution in [1.82, 2.24) is 10.3 Å². The number of hydrogen-bond acceptors (Lipinski definition) is 4. The minimum Gasteiger partial charge on any atom is -0.491 e. The van der Waals surface area contributed by atoms with Gasteiger partial charge in [0.05, 0.1) is 17.3 Å². The largest absolute Gasteiger partial charge is 0.491 e. The number of hydrogen-bond donors (Lipinski definition) is 2. The van der Waals surface area contributed by atoms with Crippen LogP contribution in [0.3, 0.4) is 0 Å². The van der Waals surface area contributed by atoms with Crippen LogP contribution in [-0.4, -0.2) is 28.7 Å². The average molecular weight is 264 g/mol. The summed E-state index contributed by atoms with van der Waals surface area (Å²) in [5.74, 6) is -0.268. The van der Waals surface area contributed by atoms with Crippen LogP contribution in [0.25, 0.3) is 0 Å². The number of nitrogens with one attached hydrogen (secondary N) is 1. The molecule has 1 saturated carbocycles. The molecule has 0 radical (unpaired) electrons. The number of rotatable bonds is 7. The summed E-state index contributed by atoms with van der Waals surface area (Å²) in [5, 5.41) is 12.4. The van der Waals surface area contributed by atoms with Crippen molar-refractivity contribution in [2.24, 2.45) is 5.41 Å². The monoisotopic (exact) mass is 264 g/mol. The van der Waals surface area contributed by atoms with Gasteiger partial charge in [-0.15, -0.1) is 0 Å². The molecule has 2 N–H and O–H groups in total. The third-order valence-electron chi connectivity index (χ3n) is 3.13. The fourth-order valence-corrected chi connectivity index (χ4v) is 1.46. The molecule has 0 unspecified atom stereocenters. The lowest BCUT2D eigenvalue weighted by Gasteiger charge is -2.19. The molecule has 5 nitrogen and oxygen atoms in total. The van der Waals surface area contributed by atoms with Crippen molar-refractivity contribution in [3.8, 4) is 5.75 Å². The molecule has 0 saturated heterocycles. The second kappa shape index (κ2) is 5.57. The lowest BCUT2D eigenvalue weighted by Crippen LogP contribution is -2.30. The molecule has 1 aromatic heterocycles. The van der Waals surface area contributed by atoms with Gasteiger partial charge in [0, 0.05) is 12.6 Å². The summed E-state index contributed by atoms with van der Waals surface area (Å²) in [7, 11) is 0. The quantitative estimate of drug-likeness (QED) is 0.786. The van der Waals surface area contributed by atoms with Crippen LogP contribution in [0, 0.1) is 5.41 Å². The average Bonchev–Trinajstić information content (AvgIpc) is 3.19. The standard InChI is InChI=1S/C14H20N2O3/c1-14(2,13(17)18)9-19-12-6-5-11(16-8-12)7-15-10-3-4-10/h5-6,8,10,15H,3-4,7,9H2,1-2H3,(H,17,18). The number of carbonyl (C=O) groups is 1. The second-order valence-electron chi connectivity index (χ2n) is 5.62. The van der Waals surface area contributed by atoms with E-state index in [1.165, 1.54) is 12.8 Å². The third-order valence-corrected chi connectivity index (χ3v) is 3.13. The lowest BCUT2D eigenvalue weighted by atomic mass is 9.95. The molecule has 0 amide bonds. The van der Waals surface area contributed by atoms with Crippen LogP contribution in [-0.2, 0) is 11.3 Å². The Labute approximate surface area is 113 Å². The van der Waals surface area contributed by atoms with E-state index in [1.54, 1.807) is 20.0 Å². The van der Waals surface area contributed by atoms with E-state index in [9.17, 15) is 4.79 Å². The number of aromatic nitrogens is 1. The first-order chi connectivity index (χ1) is 8.97. The molecule has 0 spiro atoms. The van der Waals surface area contributed by atoms with Gasteiger partial charge >= 0.3 is 5.97 Å². The fourth-order valence-electron chi connectivity index (χ4n) is 1.46. The summed E-state index contributed by atoms with van der Waals surface area (Å²) in [6.07, 6.45) is 4.15. The molecule has 1 aromatic rings. The van der Waals surface area contributed by atoms with Crippen molar-refractivity contribution in [3.05, 3.63) is 24.0 Å². The van der Waals surface area contributed by atoms with Crippen molar-refractivity contribution >= 4 is 5.97 Å². The molecular formula is C14H20N2O3. The predicted molar refractivity (Wildman–Crippen MR) is 71.0 cm³/mol. The molecule has 5 heteroatoms. The number of aliphatic carboxylic acids is 1. The number of nitrogens with zero attached hydrogens (tertiary/aromatic N) is 1. The molecule has 0 aromatic carbocycles. The predicted octanol–water partition coefficient (Wildman–Crippen LogP) is 1.82. The highest BCUT2D eigenvalue weighted by Crippen LogP contribution is 2.20. The van der Waals surface area contributed by atoms with E-state index in [0.29, 0.717) is 11.8 Å².